The summed E-state index contributed by atoms with van der Waals surface area (Å²) in [4.78, 5) is 11.6. The van der Waals surface area contributed by atoms with Crippen molar-refractivity contribution in [1.29, 1.82) is 0 Å². The average molecular weight is 290 g/mol. The molecule has 2 rings (SSSR count). The summed E-state index contributed by atoms with van der Waals surface area (Å²) < 4.78 is 0. The van der Waals surface area contributed by atoms with E-state index in [0.29, 0.717) is 28.8 Å². The second kappa shape index (κ2) is 5.32. The molecule has 0 aliphatic carbocycles. The van der Waals surface area contributed by atoms with Gasteiger partial charge in [0.25, 0.3) is 0 Å². The molecule has 0 saturated carbocycles. The highest BCUT2D eigenvalue weighted by Gasteiger charge is 2.34. The number of urea groups is 1. The normalized spacial score (nSPS) is 16.8. The lowest BCUT2D eigenvalue weighted by Gasteiger charge is -2.37. The molecule has 0 unspecified atom stereocenters. The Labute approximate surface area is 114 Å². The summed E-state index contributed by atoms with van der Waals surface area (Å²) in [7, 11) is 0. The molecule has 0 radical (unpaired) electrons. The third-order valence-electron chi connectivity index (χ3n) is 2.66. The van der Waals surface area contributed by atoms with E-state index in [1.807, 2.05) is 0 Å². The van der Waals surface area contributed by atoms with Crippen LogP contribution in [0.5, 0.6) is 0 Å². The zero-order valence-electron chi connectivity index (χ0n) is 9.46. The molecular weight excluding hydrogens is 277 g/mol. The van der Waals surface area contributed by atoms with Gasteiger partial charge in [0.1, 0.15) is 5.60 Å². The molecule has 1 saturated heterocycles. The van der Waals surface area contributed by atoms with E-state index < -0.39 is 11.6 Å². The summed E-state index contributed by atoms with van der Waals surface area (Å²) in [6.07, 6.45) is 0. The minimum Gasteiger partial charge on any atom is -0.385 e. The summed E-state index contributed by atoms with van der Waals surface area (Å²) in [5.74, 6) is 0. The fourth-order valence-electron chi connectivity index (χ4n) is 1.53. The number of hydrogen-bond donors (Lipinski definition) is 4. The molecule has 0 spiro atoms. The van der Waals surface area contributed by atoms with E-state index in [4.69, 9.17) is 23.2 Å². The highest BCUT2D eigenvalue weighted by atomic mass is 35.5. The lowest BCUT2D eigenvalue weighted by molar-refractivity contribution is -0.00575. The number of β-amino-alcohol motifs (C(OH)–C–C–N with tert-alkyl or cyclic N) is 1. The van der Waals surface area contributed by atoms with Crippen molar-refractivity contribution in [3.63, 3.8) is 0 Å². The van der Waals surface area contributed by atoms with Crippen LogP contribution in [0.15, 0.2) is 18.2 Å². The largest absolute Gasteiger partial charge is 0.385 e. The molecule has 5 nitrogen and oxygen atoms in total. The lowest BCUT2D eigenvalue weighted by Crippen LogP contribution is -2.64. The van der Waals surface area contributed by atoms with Crippen LogP contribution < -0.4 is 16.0 Å². The molecule has 1 aliphatic rings. The molecule has 7 heteroatoms. The first-order valence-corrected chi connectivity index (χ1v) is 6.17. The number of nitrogens with one attached hydrogen (secondary N) is 3. The standard InChI is InChI=1S/C11H13Cl2N3O2/c12-8-2-1-7(3-9(8)13)16-10(17)15-6-11(18)4-14-5-11/h1-3,14,18H,4-6H2,(H2,15,16,17). The van der Waals surface area contributed by atoms with Crippen LogP contribution in [0.3, 0.4) is 0 Å². The van der Waals surface area contributed by atoms with E-state index in [0.717, 1.165) is 0 Å². The fraction of sp³-hybridized carbons (Fsp3) is 0.364. The predicted octanol–water partition coefficient (Wildman–Crippen LogP) is 1.45. The molecule has 1 fully saturated rings. The smallest absolute Gasteiger partial charge is 0.319 e. The molecule has 4 N–H and O–H groups in total. The summed E-state index contributed by atoms with van der Waals surface area (Å²) in [5, 5.41) is 18.7. The molecular formula is C11H13Cl2N3O2. The van der Waals surface area contributed by atoms with Crippen molar-refractivity contribution >= 4 is 34.9 Å². The number of carbonyl (C=O) groups is 1. The number of rotatable bonds is 3. The Morgan fingerprint density at radius 3 is 2.67 bits per heavy atom. The second-order valence-corrected chi connectivity index (χ2v) is 5.08. The molecule has 2 amide bonds. The van der Waals surface area contributed by atoms with Crippen molar-refractivity contribution in [2.45, 2.75) is 5.60 Å². The van der Waals surface area contributed by atoms with Crippen molar-refractivity contribution in [3.8, 4) is 0 Å². The number of anilines is 1. The predicted molar refractivity (Wildman–Crippen MR) is 71.3 cm³/mol. The molecule has 0 bridgehead atoms. The molecule has 18 heavy (non-hydrogen) atoms. The number of hydrogen-bond acceptors (Lipinski definition) is 3. The maximum absolute atomic E-state index is 11.6. The Hall–Kier alpha value is -1.01. The third-order valence-corrected chi connectivity index (χ3v) is 3.40. The van der Waals surface area contributed by atoms with Gasteiger partial charge < -0.3 is 21.1 Å². The SMILES string of the molecule is O=C(NCC1(O)CNC1)Nc1ccc(Cl)c(Cl)c1. The van der Waals surface area contributed by atoms with Gasteiger partial charge in [-0.05, 0) is 18.2 Å². The first kappa shape index (κ1) is 13.4. The molecule has 0 atom stereocenters. The van der Waals surface area contributed by atoms with Crippen LogP contribution in [-0.4, -0.2) is 36.4 Å². The van der Waals surface area contributed by atoms with E-state index in [9.17, 15) is 9.90 Å². The van der Waals surface area contributed by atoms with Crippen LogP contribution in [0.2, 0.25) is 10.0 Å². The van der Waals surface area contributed by atoms with Crippen LogP contribution in [0, 0.1) is 0 Å². The average Bonchev–Trinajstić information content (AvgIpc) is 2.29. The molecule has 1 aromatic rings. The Bertz CT molecular complexity index is 464. The molecule has 1 heterocycles. The summed E-state index contributed by atoms with van der Waals surface area (Å²) in [5.41, 5.74) is -0.296. The number of carbonyl (C=O) groups excluding carboxylic acids is 1. The van der Waals surface area contributed by atoms with Gasteiger partial charge in [-0.3, -0.25) is 0 Å². The van der Waals surface area contributed by atoms with Crippen LogP contribution in [0.4, 0.5) is 10.5 Å². The second-order valence-electron chi connectivity index (χ2n) is 4.26. The monoisotopic (exact) mass is 289 g/mol. The Kier molecular flexibility index (Phi) is 3.97. The number of amides is 2. The van der Waals surface area contributed by atoms with Gasteiger partial charge in [0.05, 0.1) is 16.6 Å². The highest BCUT2D eigenvalue weighted by molar-refractivity contribution is 6.42. The zero-order valence-corrected chi connectivity index (χ0v) is 11.0. The Morgan fingerprint density at radius 1 is 1.39 bits per heavy atom. The van der Waals surface area contributed by atoms with Gasteiger partial charge in [-0.1, -0.05) is 23.2 Å². The lowest BCUT2D eigenvalue weighted by atomic mass is 9.98. The summed E-state index contributed by atoms with van der Waals surface area (Å²) in [6.45, 7) is 1.17. The quantitative estimate of drug-likeness (QED) is 0.681. The zero-order chi connectivity index (χ0) is 13.2. The van der Waals surface area contributed by atoms with Crippen molar-refractivity contribution in [3.05, 3.63) is 28.2 Å². The molecule has 0 aromatic heterocycles. The maximum Gasteiger partial charge on any atom is 0.319 e. The van der Waals surface area contributed by atoms with Gasteiger partial charge in [-0.25, -0.2) is 4.79 Å². The topological polar surface area (TPSA) is 73.4 Å². The van der Waals surface area contributed by atoms with E-state index >= 15 is 0 Å². The fourth-order valence-corrected chi connectivity index (χ4v) is 1.83. The molecule has 98 valence electrons. The van der Waals surface area contributed by atoms with E-state index in [1.165, 1.54) is 0 Å². The maximum atomic E-state index is 11.6. The van der Waals surface area contributed by atoms with Gasteiger partial charge in [0, 0.05) is 18.8 Å². The van der Waals surface area contributed by atoms with Gasteiger partial charge in [0.2, 0.25) is 0 Å². The Morgan fingerprint density at radius 2 is 2.11 bits per heavy atom. The van der Waals surface area contributed by atoms with Gasteiger partial charge in [-0.2, -0.15) is 0 Å². The van der Waals surface area contributed by atoms with Crippen LogP contribution in [-0.2, 0) is 0 Å². The van der Waals surface area contributed by atoms with E-state index in [1.54, 1.807) is 18.2 Å². The van der Waals surface area contributed by atoms with Crippen LogP contribution in [0.1, 0.15) is 0 Å². The summed E-state index contributed by atoms with van der Waals surface area (Å²) >= 11 is 11.6. The van der Waals surface area contributed by atoms with Crippen molar-refractivity contribution in [2.75, 3.05) is 25.0 Å². The first-order valence-electron chi connectivity index (χ1n) is 5.42. The number of halogens is 2. The third kappa shape index (κ3) is 3.26. The molecule has 1 aliphatic heterocycles. The van der Waals surface area contributed by atoms with Gasteiger partial charge >= 0.3 is 6.03 Å². The van der Waals surface area contributed by atoms with Gasteiger partial charge in [-0.15, -0.1) is 0 Å². The summed E-state index contributed by atoms with van der Waals surface area (Å²) in [6, 6.07) is 4.41. The highest BCUT2D eigenvalue weighted by Crippen LogP contribution is 2.24. The van der Waals surface area contributed by atoms with Crippen molar-refractivity contribution < 1.29 is 9.90 Å². The first-order chi connectivity index (χ1) is 8.48. The van der Waals surface area contributed by atoms with Gasteiger partial charge in [0.15, 0.2) is 0 Å². The Balaban J connectivity index is 1.85. The minimum atomic E-state index is -0.838. The number of benzene rings is 1. The number of aliphatic hydroxyl groups is 1. The van der Waals surface area contributed by atoms with Crippen LogP contribution >= 0.6 is 23.2 Å². The minimum absolute atomic E-state index is 0.202. The molecule has 1 aromatic carbocycles. The van der Waals surface area contributed by atoms with Crippen molar-refractivity contribution in [1.82, 2.24) is 10.6 Å². The van der Waals surface area contributed by atoms with E-state index in [-0.39, 0.29) is 6.54 Å². The van der Waals surface area contributed by atoms with Crippen LogP contribution in [0.25, 0.3) is 0 Å². The van der Waals surface area contributed by atoms with E-state index in [2.05, 4.69) is 16.0 Å². The van der Waals surface area contributed by atoms with Crippen molar-refractivity contribution in [2.24, 2.45) is 0 Å².